The minimum Gasteiger partial charge on any atom is -0.495 e. The Balaban J connectivity index is 2.06. The Bertz CT molecular complexity index is 896. The van der Waals surface area contributed by atoms with Crippen LogP contribution in [0.1, 0.15) is 18.4 Å². The summed E-state index contributed by atoms with van der Waals surface area (Å²) in [7, 11) is -2.65. The van der Waals surface area contributed by atoms with Crippen LogP contribution in [0, 0.1) is 11.6 Å². The molecule has 3 rings (SSSR count). The van der Waals surface area contributed by atoms with E-state index in [1.165, 1.54) is 25.3 Å². The minimum absolute atomic E-state index is 0.0455. The van der Waals surface area contributed by atoms with E-state index in [2.05, 4.69) is 4.72 Å². The van der Waals surface area contributed by atoms with Crippen molar-refractivity contribution >= 4 is 10.0 Å². The minimum atomic E-state index is -4.03. The molecule has 1 aliphatic rings. The van der Waals surface area contributed by atoms with Gasteiger partial charge in [0.1, 0.15) is 22.3 Å². The van der Waals surface area contributed by atoms with Crippen molar-refractivity contribution in [3.8, 4) is 5.75 Å². The van der Waals surface area contributed by atoms with Crippen LogP contribution in [0.3, 0.4) is 0 Å². The Labute approximate surface area is 151 Å². The lowest BCUT2D eigenvalue weighted by Crippen LogP contribution is -2.50. The molecule has 0 atom stereocenters. The zero-order valence-corrected chi connectivity index (χ0v) is 15.0. The van der Waals surface area contributed by atoms with Crippen LogP contribution < -0.4 is 9.46 Å². The lowest BCUT2D eigenvalue weighted by atomic mass is 9.83. The second kappa shape index (κ2) is 7.30. The van der Waals surface area contributed by atoms with Crippen molar-refractivity contribution in [1.29, 1.82) is 0 Å². The molecule has 0 spiro atoms. The molecule has 8 heteroatoms. The highest BCUT2D eigenvalue weighted by molar-refractivity contribution is 7.89. The van der Waals surface area contributed by atoms with E-state index < -0.39 is 27.2 Å². The van der Waals surface area contributed by atoms with Gasteiger partial charge in [0.05, 0.1) is 12.6 Å². The number of rotatable bonds is 5. The van der Waals surface area contributed by atoms with E-state index in [0.717, 1.165) is 12.1 Å². The molecular weight excluding hydrogens is 364 g/mol. The fraction of sp³-hybridized carbons (Fsp3) is 0.333. The molecule has 140 valence electrons. The number of methoxy groups -OCH3 is 1. The van der Waals surface area contributed by atoms with E-state index in [0.29, 0.717) is 0 Å². The smallest absolute Gasteiger partial charge is 0.245 e. The summed E-state index contributed by atoms with van der Waals surface area (Å²) in [5, 5.41) is 0. The number of hydrogen-bond donors (Lipinski definition) is 1. The number of ether oxygens (including phenoxy) is 2. The van der Waals surface area contributed by atoms with Gasteiger partial charge in [-0.05, 0) is 31.0 Å². The van der Waals surface area contributed by atoms with Crippen molar-refractivity contribution in [1.82, 2.24) is 4.72 Å². The molecule has 0 unspecified atom stereocenters. The molecular formula is C18H19F2NO4S. The Morgan fingerprint density at radius 3 is 2.46 bits per heavy atom. The van der Waals surface area contributed by atoms with Crippen LogP contribution in [0.4, 0.5) is 8.78 Å². The van der Waals surface area contributed by atoms with Gasteiger partial charge in [0.2, 0.25) is 10.0 Å². The molecule has 0 bridgehead atoms. The van der Waals surface area contributed by atoms with Gasteiger partial charge in [-0.25, -0.2) is 21.9 Å². The van der Waals surface area contributed by atoms with E-state index in [9.17, 15) is 17.2 Å². The monoisotopic (exact) mass is 383 g/mol. The second-order valence-corrected chi connectivity index (χ2v) is 7.73. The quantitative estimate of drug-likeness (QED) is 0.862. The van der Waals surface area contributed by atoms with E-state index in [1.54, 1.807) is 12.1 Å². The highest BCUT2D eigenvalue weighted by atomic mass is 32.2. The third-order valence-corrected chi connectivity index (χ3v) is 6.06. The lowest BCUT2D eigenvalue weighted by molar-refractivity contribution is 0.0446. The van der Waals surface area contributed by atoms with E-state index in [-0.39, 0.29) is 42.3 Å². The number of hydrogen-bond acceptors (Lipinski definition) is 4. The Morgan fingerprint density at radius 2 is 1.81 bits per heavy atom. The summed E-state index contributed by atoms with van der Waals surface area (Å²) in [6.07, 6.45) is 0.452. The van der Waals surface area contributed by atoms with Crippen molar-refractivity contribution < 1.29 is 26.7 Å². The number of sulfonamides is 1. The first-order valence-corrected chi connectivity index (χ1v) is 9.56. The van der Waals surface area contributed by atoms with Crippen LogP contribution in [0.25, 0.3) is 0 Å². The Hall–Kier alpha value is -2.03. The first-order valence-electron chi connectivity index (χ1n) is 8.08. The molecule has 0 aromatic heterocycles. The molecule has 1 fully saturated rings. The van der Waals surface area contributed by atoms with Crippen molar-refractivity contribution in [2.45, 2.75) is 23.3 Å². The molecule has 0 amide bonds. The zero-order chi connectivity index (χ0) is 18.8. The van der Waals surface area contributed by atoms with Gasteiger partial charge < -0.3 is 9.47 Å². The zero-order valence-electron chi connectivity index (χ0n) is 14.2. The molecule has 1 aliphatic heterocycles. The summed E-state index contributed by atoms with van der Waals surface area (Å²) in [6.45, 7) is 0.510. The van der Waals surface area contributed by atoms with Gasteiger partial charge in [-0.2, -0.15) is 0 Å². The number of halogens is 2. The van der Waals surface area contributed by atoms with E-state index >= 15 is 0 Å². The summed E-state index contributed by atoms with van der Waals surface area (Å²) >= 11 is 0. The molecule has 1 saturated heterocycles. The number of nitrogens with one attached hydrogen (secondary N) is 1. The summed E-state index contributed by atoms with van der Waals surface area (Å²) in [5.41, 5.74) is -1.13. The number of para-hydroxylation sites is 1. The van der Waals surface area contributed by atoms with Crippen molar-refractivity contribution in [2.75, 3.05) is 20.3 Å². The summed E-state index contributed by atoms with van der Waals surface area (Å²) in [4.78, 5) is -0.0455. The molecule has 0 radical (unpaired) electrons. The SMILES string of the molecule is COc1ccccc1S(=O)(=O)NC1(c2ccc(F)cc2F)CCOCC1. The van der Waals surface area contributed by atoms with Gasteiger partial charge in [-0.1, -0.05) is 18.2 Å². The fourth-order valence-electron chi connectivity index (χ4n) is 3.18. The molecule has 2 aromatic rings. The molecule has 1 N–H and O–H groups in total. The Morgan fingerprint density at radius 1 is 1.12 bits per heavy atom. The predicted molar refractivity (Wildman–Crippen MR) is 91.4 cm³/mol. The molecule has 26 heavy (non-hydrogen) atoms. The van der Waals surface area contributed by atoms with Gasteiger partial charge >= 0.3 is 0 Å². The van der Waals surface area contributed by atoms with Crippen LogP contribution in [-0.2, 0) is 20.3 Å². The van der Waals surface area contributed by atoms with Crippen molar-refractivity contribution in [2.24, 2.45) is 0 Å². The first kappa shape index (κ1) is 18.8. The van der Waals surface area contributed by atoms with Gasteiger partial charge in [0.25, 0.3) is 0 Å². The fourth-order valence-corrected chi connectivity index (χ4v) is 4.79. The third-order valence-electron chi connectivity index (χ3n) is 4.48. The van der Waals surface area contributed by atoms with Gasteiger partial charge in [-0.15, -0.1) is 0 Å². The predicted octanol–water partition coefficient (Wildman–Crippen LogP) is 2.96. The van der Waals surface area contributed by atoms with Gasteiger partial charge in [0, 0.05) is 24.8 Å². The van der Waals surface area contributed by atoms with Crippen LogP contribution in [0.5, 0.6) is 5.75 Å². The highest BCUT2D eigenvalue weighted by Gasteiger charge is 2.41. The first-order chi connectivity index (χ1) is 12.4. The number of benzene rings is 2. The molecule has 1 heterocycles. The topological polar surface area (TPSA) is 64.6 Å². The van der Waals surface area contributed by atoms with Crippen LogP contribution in [0.2, 0.25) is 0 Å². The normalized spacial score (nSPS) is 17.0. The summed E-state index contributed by atoms with van der Waals surface area (Å²) < 4.78 is 66.9. The van der Waals surface area contributed by atoms with Crippen molar-refractivity contribution in [3.05, 3.63) is 59.7 Å². The molecule has 0 aliphatic carbocycles. The van der Waals surface area contributed by atoms with Gasteiger partial charge in [-0.3, -0.25) is 0 Å². The van der Waals surface area contributed by atoms with Crippen LogP contribution >= 0.6 is 0 Å². The maximum atomic E-state index is 14.5. The summed E-state index contributed by atoms with van der Waals surface area (Å²) in [6, 6.07) is 9.32. The average Bonchev–Trinajstić information content (AvgIpc) is 2.62. The standard InChI is InChI=1S/C18H19F2NO4S/c1-24-16-4-2-3-5-17(16)26(22,23)21-18(8-10-25-11-9-18)14-7-6-13(19)12-15(14)20/h2-7,12,21H,8-11H2,1H3. The van der Waals surface area contributed by atoms with E-state index in [4.69, 9.17) is 9.47 Å². The molecule has 0 saturated carbocycles. The van der Waals surface area contributed by atoms with Crippen LogP contribution in [-0.4, -0.2) is 28.7 Å². The average molecular weight is 383 g/mol. The van der Waals surface area contributed by atoms with Crippen LogP contribution in [0.15, 0.2) is 47.4 Å². The maximum Gasteiger partial charge on any atom is 0.245 e. The highest BCUT2D eigenvalue weighted by Crippen LogP contribution is 2.36. The van der Waals surface area contributed by atoms with Crippen molar-refractivity contribution in [3.63, 3.8) is 0 Å². The molecule has 5 nitrogen and oxygen atoms in total. The van der Waals surface area contributed by atoms with Gasteiger partial charge in [0.15, 0.2) is 0 Å². The second-order valence-electron chi connectivity index (χ2n) is 6.08. The maximum absolute atomic E-state index is 14.5. The lowest BCUT2D eigenvalue weighted by Gasteiger charge is -2.38. The third kappa shape index (κ3) is 3.58. The largest absolute Gasteiger partial charge is 0.495 e. The summed E-state index contributed by atoms with van der Waals surface area (Å²) in [5.74, 6) is -1.34. The molecule has 2 aromatic carbocycles. The Kier molecular flexibility index (Phi) is 5.27. The van der Waals surface area contributed by atoms with E-state index in [1.807, 2.05) is 0 Å².